The van der Waals surface area contributed by atoms with Crippen molar-refractivity contribution in [1.29, 1.82) is 0 Å². The van der Waals surface area contributed by atoms with E-state index < -0.39 is 6.61 Å². The standard InChI is InChI=1S/C22H29F2N3O2.HI/c1-25-22(27-17-19-11-5-6-12-20(19)29-21(23)24)26-14-7-8-15-28-16-13-18-9-3-2-4-10-18;/h2-6,9-12,21H,7-8,13-17H2,1H3,(H2,25,26,27);1H. The van der Waals surface area contributed by atoms with E-state index in [1.807, 2.05) is 18.2 Å². The molecule has 0 saturated carbocycles. The first-order chi connectivity index (χ1) is 14.2. The second-order valence-electron chi connectivity index (χ2n) is 6.39. The number of hydrogen-bond acceptors (Lipinski definition) is 3. The quantitative estimate of drug-likeness (QED) is 0.181. The van der Waals surface area contributed by atoms with Crippen molar-refractivity contribution in [2.24, 2.45) is 4.99 Å². The number of ether oxygens (including phenoxy) is 2. The monoisotopic (exact) mass is 533 g/mol. The molecule has 0 spiro atoms. The van der Waals surface area contributed by atoms with Crippen LogP contribution in [0.15, 0.2) is 59.6 Å². The molecular weight excluding hydrogens is 503 g/mol. The van der Waals surface area contributed by atoms with Crippen LogP contribution in [0.25, 0.3) is 0 Å². The zero-order valence-corrected chi connectivity index (χ0v) is 19.5. The summed E-state index contributed by atoms with van der Waals surface area (Å²) in [5, 5.41) is 6.32. The number of nitrogens with zero attached hydrogens (tertiary/aromatic N) is 1. The minimum absolute atomic E-state index is 0. The summed E-state index contributed by atoms with van der Waals surface area (Å²) in [7, 11) is 1.67. The van der Waals surface area contributed by atoms with Crippen molar-refractivity contribution in [1.82, 2.24) is 10.6 Å². The molecule has 2 aromatic rings. The van der Waals surface area contributed by atoms with E-state index >= 15 is 0 Å². The van der Waals surface area contributed by atoms with Crippen molar-refractivity contribution in [3.8, 4) is 5.75 Å². The molecule has 0 atom stereocenters. The van der Waals surface area contributed by atoms with Crippen molar-refractivity contribution >= 4 is 29.9 Å². The van der Waals surface area contributed by atoms with Gasteiger partial charge in [0.05, 0.1) is 6.61 Å². The highest BCUT2D eigenvalue weighted by molar-refractivity contribution is 14.0. The van der Waals surface area contributed by atoms with Gasteiger partial charge in [-0.2, -0.15) is 8.78 Å². The molecule has 0 radical (unpaired) electrons. The number of aliphatic imine (C=N–C) groups is 1. The normalized spacial score (nSPS) is 11.1. The molecule has 5 nitrogen and oxygen atoms in total. The zero-order chi connectivity index (χ0) is 20.7. The first-order valence-electron chi connectivity index (χ1n) is 9.78. The molecule has 8 heteroatoms. The van der Waals surface area contributed by atoms with Gasteiger partial charge in [-0.15, -0.1) is 24.0 Å². The van der Waals surface area contributed by atoms with E-state index in [0.29, 0.717) is 18.1 Å². The maximum atomic E-state index is 12.5. The number of rotatable bonds is 12. The van der Waals surface area contributed by atoms with Gasteiger partial charge in [0, 0.05) is 32.3 Å². The van der Waals surface area contributed by atoms with Gasteiger partial charge in [0.25, 0.3) is 0 Å². The third-order valence-electron chi connectivity index (χ3n) is 4.24. The molecule has 0 aliphatic heterocycles. The van der Waals surface area contributed by atoms with Crippen molar-refractivity contribution in [2.75, 3.05) is 26.8 Å². The van der Waals surface area contributed by atoms with Gasteiger partial charge in [0.2, 0.25) is 0 Å². The first kappa shape index (κ1) is 26.1. The number of hydrogen-bond donors (Lipinski definition) is 2. The van der Waals surface area contributed by atoms with Crippen LogP contribution in [0.4, 0.5) is 8.78 Å². The predicted molar refractivity (Wildman–Crippen MR) is 127 cm³/mol. The third kappa shape index (κ3) is 10.7. The Morgan fingerprint density at radius 1 is 0.967 bits per heavy atom. The number of alkyl halides is 2. The molecule has 0 aliphatic carbocycles. The fraction of sp³-hybridized carbons (Fsp3) is 0.409. The van der Waals surface area contributed by atoms with Gasteiger partial charge >= 0.3 is 6.61 Å². The molecule has 0 fully saturated rings. The first-order valence-corrected chi connectivity index (χ1v) is 9.78. The van der Waals surface area contributed by atoms with Gasteiger partial charge in [0.15, 0.2) is 5.96 Å². The average molecular weight is 533 g/mol. The Morgan fingerprint density at radius 2 is 1.70 bits per heavy atom. The van der Waals surface area contributed by atoms with Crippen LogP contribution >= 0.6 is 24.0 Å². The number of benzene rings is 2. The lowest BCUT2D eigenvalue weighted by Crippen LogP contribution is -2.37. The van der Waals surface area contributed by atoms with Crippen LogP contribution < -0.4 is 15.4 Å². The second-order valence-corrected chi connectivity index (χ2v) is 6.39. The highest BCUT2D eigenvalue weighted by Crippen LogP contribution is 2.19. The molecule has 166 valence electrons. The van der Waals surface area contributed by atoms with E-state index in [2.05, 4.69) is 32.5 Å². The second kappa shape index (κ2) is 15.8. The van der Waals surface area contributed by atoms with E-state index in [1.54, 1.807) is 25.2 Å². The molecule has 0 unspecified atom stereocenters. The minimum Gasteiger partial charge on any atom is -0.434 e. The van der Waals surface area contributed by atoms with Gasteiger partial charge in [-0.1, -0.05) is 48.5 Å². The van der Waals surface area contributed by atoms with Crippen LogP contribution in [-0.4, -0.2) is 39.4 Å². The molecule has 0 aliphatic rings. The average Bonchev–Trinajstić information content (AvgIpc) is 2.73. The Hall–Kier alpha value is -1.94. The smallest absolute Gasteiger partial charge is 0.387 e. The van der Waals surface area contributed by atoms with Crippen molar-refractivity contribution in [3.05, 3.63) is 65.7 Å². The summed E-state index contributed by atoms with van der Waals surface area (Å²) >= 11 is 0. The number of unbranched alkanes of at least 4 members (excludes halogenated alkanes) is 1. The summed E-state index contributed by atoms with van der Waals surface area (Å²) in [5.41, 5.74) is 1.92. The summed E-state index contributed by atoms with van der Waals surface area (Å²) in [4.78, 5) is 4.15. The lowest BCUT2D eigenvalue weighted by Gasteiger charge is -2.14. The molecular formula is C22H30F2IN3O2. The molecule has 0 bridgehead atoms. The molecule has 0 heterocycles. The topological polar surface area (TPSA) is 54.9 Å². The maximum Gasteiger partial charge on any atom is 0.387 e. The Bertz CT molecular complexity index is 733. The lowest BCUT2D eigenvalue weighted by molar-refractivity contribution is -0.0504. The van der Waals surface area contributed by atoms with E-state index in [9.17, 15) is 8.78 Å². The molecule has 2 N–H and O–H groups in total. The van der Waals surface area contributed by atoms with Gasteiger partial charge in [-0.25, -0.2) is 0 Å². The fourth-order valence-electron chi connectivity index (χ4n) is 2.73. The summed E-state index contributed by atoms with van der Waals surface area (Å²) in [6.07, 6.45) is 2.81. The Labute approximate surface area is 194 Å². The van der Waals surface area contributed by atoms with Crippen LogP contribution in [0.5, 0.6) is 5.75 Å². The predicted octanol–water partition coefficient (Wildman–Crippen LogP) is 4.61. The number of nitrogens with one attached hydrogen (secondary N) is 2. The van der Waals surface area contributed by atoms with Crippen molar-refractivity contribution in [2.45, 2.75) is 32.4 Å². The summed E-state index contributed by atoms with van der Waals surface area (Å²) < 4.78 is 35.2. The molecule has 30 heavy (non-hydrogen) atoms. The summed E-state index contributed by atoms with van der Waals surface area (Å²) in [6, 6.07) is 17.0. The highest BCUT2D eigenvalue weighted by atomic mass is 127. The Balaban J connectivity index is 0.00000450. The number of para-hydroxylation sites is 1. The highest BCUT2D eigenvalue weighted by Gasteiger charge is 2.09. The molecule has 0 aromatic heterocycles. The SMILES string of the molecule is CN=C(NCCCCOCCc1ccccc1)NCc1ccccc1OC(F)F.I. The maximum absolute atomic E-state index is 12.5. The number of halogens is 3. The molecule has 0 saturated heterocycles. The zero-order valence-electron chi connectivity index (χ0n) is 17.2. The summed E-state index contributed by atoms with van der Waals surface area (Å²) in [5.74, 6) is 0.778. The largest absolute Gasteiger partial charge is 0.434 e. The molecule has 0 amide bonds. The Kier molecular flexibility index (Phi) is 13.8. The van der Waals surface area contributed by atoms with Crippen molar-refractivity contribution in [3.63, 3.8) is 0 Å². The third-order valence-corrected chi connectivity index (χ3v) is 4.24. The van der Waals surface area contributed by atoms with Gasteiger partial charge in [-0.05, 0) is 30.9 Å². The van der Waals surface area contributed by atoms with Crippen LogP contribution in [-0.2, 0) is 17.7 Å². The van der Waals surface area contributed by atoms with E-state index in [1.165, 1.54) is 11.6 Å². The minimum atomic E-state index is -2.84. The van der Waals surface area contributed by atoms with E-state index in [-0.39, 0.29) is 29.7 Å². The fourth-order valence-corrected chi connectivity index (χ4v) is 2.73. The van der Waals surface area contributed by atoms with Gasteiger partial charge in [-0.3, -0.25) is 4.99 Å². The lowest BCUT2D eigenvalue weighted by atomic mass is 10.2. The molecule has 2 rings (SSSR count). The van der Waals surface area contributed by atoms with Gasteiger partial charge < -0.3 is 20.1 Å². The van der Waals surface area contributed by atoms with Crippen molar-refractivity contribution < 1.29 is 18.3 Å². The van der Waals surface area contributed by atoms with Gasteiger partial charge in [0.1, 0.15) is 5.75 Å². The number of guanidine groups is 1. The van der Waals surface area contributed by atoms with Crippen LogP contribution in [0.1, 0.15) is 24.0 Å². The van der Waals surface area contributed by atoms with E-state index in [0.717, 1.165) is 39.0 Å². The van der Waals surface area contributed by atoms with E-state index in [4.69, 9.17) is 4.74 Å². The summed E-state index contributed by atoms with van der Waals surface area (Å²) in [6.45, 7) is -0.315. The Morgan fingerprint density at radius 3 is 2.43 bits per heavy atom. The molecule has 2 aromatic carbocycles. The van der Waals surface area contributed by atoms with Crippen LogP contribution in [0.2, 0.25) is 0 Å². The van der Waals surface area contributed by atoms with Crippen LogP contribution in [0.3, 0.4) is 0 Å². The van der Waals surface area contributed by atoms with Crippen LogP contribution in [0, 0.1) is 0 Å².